The molecule has 1 aromatic carbocycles. The Kier molecular flexibility index (Phi) is 2.73. The maximum absolute atomic E-state index is 11.6. The van der Waals surface area contributed by atoms with Crippen LogP contribution in [-0.2, 0) is 11.2 Å². The predicted molar refractivity (Wildman–Crippen MR) is 71.7 cm³/mol. The summed E-state index contributed by atoms with van der Waals surface area (Å²) in [5.41, 5.74) is 2.25. The van der Waals surface area contributed by atoms with Crippen LogP contribution in [0, 0.1) is 5.92 Å². The average molecular weight is 242 g/mol. The first-order chi connectivity index (χ1) is 8.76. The number of ketones is 1. The van der Waals surface area contributed by atoms with E-state index in [1.807, 2.05) is 18.2 Å². The third-order valence-corrected chi connectivity index (χ3v) is 4.18. The normalized spacial score (nSPS) is 23.3. The highest BCUT2D eigenvalue weighted by atomic mass is 16.3. The Morgan fingerprint density at radius 1 is 1.28 bits per heavy atom. The van der Waals surface area contributed by atoms with E-state index >= 15 is 0 Å². The van der Waals surface area contributed by atoms with Gasteiger partial charge in [-0.15, -0.1) is 0 Å². The number of para-hydroxylation sites is 1. The van der Waals surface area contributed by atoms with Crippen LogP contribution in [0.4, 0.5) is 0 Å². The fourth-order valence-corrected chi connectivity index (χ4v) is 3.14. The van der Waals surface area contributed by atoms with Crippen LogP contribution in [-0.4, -0.2) is 5.78 Å². The smallest absolute Gasteiger partial charge is 0.137 e. The third-order valence-electron chi connectivity index (χ3n) is 4.18. The predicted octanol–water partition coefficient (Wildman–Crippen LogP) is 4.08. The monoisotopic (exact) mass is 242 g/mol. The highest BCUT2D eigenvalue weighted by molar-refractivity contribution is 5.90. The van der Waals surface area contributed by atoms with Gasteiger partial charge in [-0.3, -0.25) is 4.79 Å². The van der Waals surface area contributed by atoms with Gasteiger partial charge in [0.25, 0.3) is 0 Å². The number of hydrogen-bond acceptors (Lipinski definition) is 2. The minimum Gasteiger partial charge on any atom is -0.460 e. The largest absolute Gasteiger partial charge is 0.460 e. The van der Waals surface area contributed by atoms with Gasteiger partial charge in [-0.1, -0.05) is 32.0 Å². The van der Waals surface area contributed by atoms with Crippen molar-refractivity contribution in [3.05, 3.63) is 35.6 Å². The minimum atomic E-state index is 0.177. The Balaban J connectivity index is 2.09. The lowest BCUT2D eigenvalue weighted by Crippen LogP contribution is -2.34. The highest BCUT2D eigenvalue weighted by Crippen LogP contribution is 2.45. The van der Waals surface area contributed by atoms with Crippen molar-refractivity contribution in [3.8, 4) is 0 Å². The second-order valence-electron chi connectivity index (χ2n) is 5.09. The van der Waals surface area contributed by atoms with E-state index in [0.717, 1.165) is 24.2 Å². The molecule has 94 valence electrons. The number of hydrogen-bond donors (Lipinski definition) is 0. The maximum atomic E-state index is 11.6. The summed E-state index contributed by atoms with van der Waals surface area (Å²) in [5.74, 6) is 1.94. The fraction of sp³-hybridized carbons (Fsp3) is 0.438. The molecule has 1 aliphatic carbocycles. The lowest BCUT2D eigenvalue weighted by atomic mass is 9.69. The van der Waals surface area contributed by atoms with Gasteiger partial charge in [0.1, 0.15) is 17.1 Å². The number of carbonyl (C=O) groups is 1. The molecule has 1 saturated carbocycles. The highest BCUT2D eigenvalue weighted by Gasteiger charge is 2.42. The summed E-state index contributed by atoms with van der Waals surface area (Å²) in [6, 6.07) is 8.17. The van der Waals surface area contributed by atoms with E-state index in [-0.39, 0.29) is 5.92 Å². The summed E-state index contributed by atoms with van der Waals surface area (Å²) >= 11 is 0. The Bertz CT molecular complexity index is 594. The molecule has 0 amide bonds. The fourth-order valence-electron chi connectivity index (χ4n) is 3.14. The molecular weight excluding hydrogens is 224 g/mol. The van der Waals surface area contributed by atoms with Gasteiger partial charge in [0.2, 0.25) is 0 Å². The van der Waals surface area contributed by atoms with E-state index in [4.69, 9.17) is 4.42 Å². The molecular formula is C16H18O2. The molecule has 1 aromatic heterocycles. The number of carbonyl (C=O) groups excluding carboxylic acids is 1. The topological polar surface area (TPSA) is 30.2 Å². The van der Waals surface area contributed by atoms with Crippen LogP contribution in [0.3, 0.4) is 0 Å². The third kappa shape index (κ3) is 1.52. The molecule has 0 saturated heterocycles. The van der Waals surface area contributed by atoms with Crippen molar-refractivity contribution in [3.63, 3.8) is 0 Å². The first-order valence-corrected chi connectivity index (χ1v) is 6.79. The molecule has 1 aliphatic rings. The van der Waals surface area contributed by atoms with Gasteiger partial charge < -0.3 is 4.42 Å². The van der Waals surface area contributed by atoms with Crippen LogP contribution in [0.5, 0.6) is 0 Å². The second-order valence-corrected chi connectivity index (χ2v) is 5.09. The van der Waals surface area contributed by atoms with Gasteiger partial charge in [-0.05, 0) is 18.9 Å². The number of rotatable bonds is 3. The van der Waals surface area contributed by atoms with Crippen LogP contribution in [0.1, 0.15) is 43.9 Å². The molecule has 2 nitrogen and oxygen atoms in total. The molecule has 2 unspecified atom stereocenters. The van der Waals surface area contributed by atoms with Crippen molar-refractivity contribution in [2.24, 2.45) is 5.92 Å². The second kappa shape index (κ2) is 4.27. The lowest BCUT2D eigenvalue weighted by molar-refractivity contribution is -0.131. The molecule has 1 heterocycles. The summed E-state index contributed by atoms with van der Waals surface area (Å²) < 4.78 is 6.02. The molecule has 18 heavy (non-hydrogen) atoms. The summed E-state index contributed by atoms with van der Waals surface area (Å²) in [4.78, 5) is 11.6. The SMILES string of the molecule is CCc1c(C2CC(=O)C2CC)oc2ccccc12. The van der Waals surface area contributed by atoms with E-state index in [1.54, 1.807) is 0 Å². The number of benzene rings is 1. The Labute approximate surface area is 107 Å². The number of Topliss-reactive ketones (excluding diaryl/α,β-unsaturated/α-hetero) is 1. The molecule has 2 aromatic rings. The lowest BCUT2D eigenvalue weighted by Gasteiger charge is -2.33. The van der Waals surface area contributed by atoms with Crippen LogP contribution in [0.25, 0.3) is 11.0 Å². The van der Waals surface area contributed by atoms with Gasteiger partial charge in [-0.2, -0.15) is 0 Å². The van der Waals surface area contributed by atoms with Gasteiger partial charge in [0.15, 0.2) is 0 Å². The maximum Gasteiger partial charge on any atom is 0.137 e. The van der Waals surface area contributed by atoms with Crippen LogP contribution < -0.4 is 0 Å². The van der Waals surface area contributed by atoms with Crippen molar-refractivity contribution < 1.29 is 9.21 Å². The molecule has 0 radical (unpaired) electrons. The Morgan fingerprint density at radius 3 is 2.72 bits per heavy atom. The number of aryl methyl sites for hydroxylation is 1. The van der Waals surface area contributed by atoms with Gasteiger partial charge in [-0.25, -0.2) is 0 Å². The van der Waals surface area contributed by atoms with Gasteiger partial charge in [0, 0.05) is 29.2 Å². The summed E-state index contributed by atoms with van der Waals surface area (Å²) in [7, 11) is 0. The molecule has 0 N–H and O–H groups in total. The average Bonchev–Trinajstić information content (AvgIpc) is 2.74. The molecule has 0 aliphatic heterocycles. The van der Waals surface area contributed by atoms with Crippen molar-refractivity contribution in [2.45, 2.75) is 39.0 Å². The molecule has 2 atom stereocenters. The van der Waals surface area contributed by atoms with E-state index in [2.05, 4.69) is 19.9 Å². The minimum absolute atomic E-state index is 0.177. The Morgan fingerprint density at radius 2 is 2.06 bits per heavy atom. The summed E-state index contributed by atoms with van der Waals surface area (Å²) in [6.45, 7) is 4.24. The standard InChI is InChI=1S/C16H18O2/c1-3-10-13(9-14(10)17)16-11(4-2)12-7-5-6-8-15(12)18-16/h5-8,10,13H,3-4,9H2,1-2H3. The molecule has 2 heteroatoms. The zero-order valence-electron chi connectivity index (χ0n) is 10.9. The van der Waals surface area contributed by atoms with E-state index < -0.39 is 0 Å². The van der Waals surface area contributed by atoms with Crippen LogP contribution in [0.2, 0.25) is 0 Å². The Hall–Kier alpha value is -1.57. The summed E-state index contributed by atoms with van der Waals surface area (Å²) in [5, 5.41) is 1.21. The van der Waals surface area contributed by atoms with Gasteiger partial charge >= 0.3 is 0 Å². The van der Waals surface area contributed by atoms with Crippen molar-refractivity contribution in [1.29, 1.82) is 0 Å². The molecule has 1 fully saturated rings. The first kappa shape index (κ1) is 11.5. The van der Waals surface area contributed by atoms with E-state index in [1.165, 1.54) is 10.9 Å². The van der Waals surface area contributed by atoms with Crippen LogP contribution in [0.15, 0.2) is 28.7 Å². The first-order valence-electron chi connectivity index (χ1n) is 6.79. The van der Waals surface area contributed by atoms with Gasteiger partial charge in [0.05, 0.1) is 0 Å². The molecule has 3 rings (SSSR count). The van der Waals surface area contributed by atoms with Crippen molar-refractivity contribution in [1.82, 2.24) is 0 Å². The van der Waals surface area contributed by atoms with E-state index in [9.17, 15) is 4.79 Å². The quantitative estimate of drug-likeness (QED) is 0.811. The summed E-state index contributed by atoms with van der Waals surface area (Å²) in [6.07, 6.45) is 2.54. The van der Waals surface area contributed by atoms with Crippen LogP contribution >= 0.6 is 0 Å². The van der Waals surface area contributed by atoms with E-state index in [0.29, 0.717) is 18.1 Å². The zero-order chi connectivity index (χ0) is 12.7. The van der Waals surface area contributed by atoms with Crippen molar-refractivity contribution in [2.75, 3.05) is 0 Å². The molecule has 0 spiro atoms. The zero-order valence-corrected chi connectivity index (χ0v) is 10.9. The van der Waals surface area contributed by atoms with Crippen molar-refractivity contribution >= 4 is 16.8 Å². The number of furan rings is 1. The molecule has 0 bridgehead atoms. The number of fused-ring (bicyclic) bond motifs is 1.